The van der Waals surface area contributed by atoms with Crippen LogP contribution < -0.4 is 5.32 Å². The average molecular weight is 330 g/mol. The molecule has 0 heterocycles. The van der Waals surface area contributed by atoms with Gasteiger partial charge in [-0.1, -0.05) is 55.5 Å². The van der Waals surface area contributed by atoms with Gasteiger partial charge in [0.2, 0.25) is 11.8 Å². The Hall–Kier alpha value is -1.84. The summed E-state index contributed by atoms with van der Waals surface area (Å²) in [6.45, 7) is 4.81. The molecule has 1 aromatic rings. The number of carbonyl (C=O) groups excluding carboxylic acids is 2. The van der Waals surface area contributed by atoms with Crippen LogP contribution in [0.2, 0.25) is 0 Å². The highest BCUT2D eigenvalue weighted by Gasteiger charge is 2.21. The van der Waals surface area contributed by atoms with Crippen LogP contribution in [0.3, 0.4) is 0 Å². The molecule has 1 N–H and O–H groups in total. The summed E-state index contributed by atoms with van der Waals surface area (Å²) >= 11 is 0. The van der Waals surface area contributed by atoms with Crippen LogP contribution in [0, 0.1) is 6.92 Å². The van der Waals surface area contributed by atoms with E-state index in [1.165, 1.54) is 31.2 Å². The van der Waals surface area contributed by atoms with Crippen molar-refractivity contribution in [3.63, 3.8) is 0 Å². The number of rotatable bonds is 6. The van der Waals surface area contributed by atoms with Crippen molar-refractivity contribution in [2.24, 2.45) is 0 Å². The van der Waals surface area contributed by atoms with Gasteiger partial charge in [-0.3, -0.25) is 9.59 Å². The summed E-state index contributed by atoms with van der Waals surface area (Å²) in [7, 11) is 0. The first-order valence-corrected chi connectivity index (χ1v) is 9.15. The average Bonchev–Trinajstić information content (AvgIpc) is 2.82. The van der Waals surface area contributed by atoms with Gasteiger partial charge in [0.25, 0.3) is 0 Å². The van der Waals surface area contributed by atoms with E-state index in [9.17, 15) is 9.59 Å². The SMILES string of the molecule is CC(=O)N(CCNC(=O)Cc1ccc(C)cc1)C1CCCCCC1. The summed E-state index contributed by atoms with van der Waals surface area (Å²) in [6, 6.07) is 8.36. The molecule has 0 aromatic heterocycles. The smallest absolute Gasteiger partial charge is 0.224 e. The second-order valence-electron chi connectivity index (χ2n) is 6.87. The highest BCUT2D eigenvalue weighted by molar-refractivity contribution is 5.78. The van der Waals surface area contributed by atoms with E-state index in [1.54, 1.807) is 6.92 Å². The van der Waals surface area contributed by atoms with E-state index in [2.05, 4.69) is 5.32 Å². The molecular weight excluding hydrogens is 300 g/mol. The second kappa shape index (κ2) is 9.45. The molecule has 1 saturated carbocycles. The van der Waals surface area contributed by atoms with Crippen LogP contribution in [0.15, 0.2) is 24.3 Å². The van der Waals surface area contributed by atoms with Crippen LogP contribution in [-0.2, 0) is 16.0 Å². The molecule has 0 saturated heterocycles. The molecule has 0 spiro atoms. The highest BCUT2D eigenvalue weighted by atomic mass is 16.2. The molecule has 24 heavy (non-hydrogen) atoms. The van der Waals surface area contributed by atoms with Gasteiger partial charge in [-0.15, -0.1) is 0 Å². The largest absolute Gasteiger partial charge is 0.354 e. The maximum absolute atomic E-state index is 12.1. The quantitative estimate of drug-likeness (QED) is 0.814. The van der Waals surface area contributed by atoms with Crippen LogP contribution in [0.1, 0.15) is 56.6 Å². The Balaban J connectivity index is 1.78. The van der Waals surface area contributed by atoms with Crippen LogP contribution >= 0.6 is 0 Å². The van der Waals surface area contributed by atoms with Gasteiger partial charge >= 0.3 is 0 Å². The molecule has 0 aliphatic heterocycles. The monoisotopic (exact) mass is 330 g/mol. The summed E-state index contributed by atoms with van der Waals surface area (Å²) in [5.74, 6) is 0.137. The van der Waals surface area contributed by atoms with Crippen molar-refractivity contribution < 1.29 is 9.59 Å². The van der Waals surface area contributed by atoms with Crippen LogP contribution in [-0.4, -0.2) is 35.8 Å². The number of aryl methyl sites for hydroxylation is 1. The molecule has 0 unspecified atom stereocenters. The molecule has 0 bridgehead atoms. The van der Waals surface area contributed by atoms with E-state index < -0.39 is 0 Å². The van der Waals surface area contributed by atoms with E-state index in [1.807, 2.05) is 36.1 Å². The maximum atomic E-state index is 12.1. The van der Waals surface area contributed by atoms with Gasteiger partial charge in [-0.2, -0.15) is 0 Å². The molecule has 1 aliphatic carbocycles. The Labute approximate surface area is 145 Å². The molecule has 1 fully saturated rings. The number of carbonyl (C=O) groups is 2. The van der Waals surface area contributed by atoms with Gasteiger partial charge in [0, 0.05) is 26.1 Å². The summed E-state index contributed by atoms with van der Waals surface area (Å²) in [5, 5.41) is 2.95. The van der Waals surface area contributed by atoms with Crippen LogP contribution in [0.25, 0.3) is 0 Å². The summed E-state index contributed by atoms with van der Waals surface area (Å²) < 4.78 is 0. The Morgan fingerprint density at radius 3 is 2.29 bits per heavy atom. The molecule has 4 heteroatoms. The first-order chi connectivity index (χ1) is 11.6. The fourth-order valence-electron chi connectivity index (χ4n) is 3.44. The van der Waals surface area contributed by atoms with E-state index in [4.69, 9.17) is 0 Å². The molecule has 1 aliphatic rings. The van der Waals surface area contributed by atoms with Crippen molar-refractivity contribution in [1.82, 2.24) is 10.2 Å². The number of amides is 2. The fraction of sp³-hybridized carbons (Fsp3) is 0.600. The van der Waals surface area contributed by atoms with Crippen LogP contribution in [0.4, 0.5) is 0 Å². The van der Waals surface area contributed by atoms with Crippen molar-refractivity contribution in [3.05, 3.63) is 35.4 Å². The van der Waals surface area contributed by atoms with Gasteiger partial charge in [0.1, 0.15) is 0 Å². The minimum atomic E-state index is 0.0169. The summed E-state index contributed by atoms with van der Waals surface area (Å²) in [6.07, 6.45) is 7.53. The molecule has 2 rings (SSSR count). The molecule has 132 valence electrons. The van der Waals surface area contributed by atoms with Crippen molar-refractivity contribution in [3.8, 4) is 0 Å². The first-order valence-electron chi connectivity index (χ1n) is 9.15. The molecule has 0 radical (unpaired) electrons. The lowest BCUT2D eigenvalue weighted by molar-refractivity contribution is -0.132. The molecule has 0 atom stereocenters. The Bertz CT molecular complexity index is 531. The zero-order valence-corrected chi connectivity index (χ0v) is 15.0. The topological polar surface area (TPSA) is 49.4 Å². The van der Waals surface area contributed by atoms with Gasteiger partial charge in [0.05, 0.1) is 6.42 Å². The van der Waals surface area contributed by atoms with E-state index in [-0.39, 0.29) is 11.8 Å². The number of nitrogens with one attached hydrogen (secondary N) is 1. The minimum Gasteiger partial charge on any atom is -0.354 e. The predicted octanol–water partition coefficient (Wildman–Crippen LogP) is 3.23. The highest BCUT2D eigenvalue weighted by Crippen LogP contribution is 2.21. The number of benzene rings is 1. The lowest BCUT2D eigenvalue weighted by Crippen LogP contribution is -2.43. The third kappa shape index (κ3) is 5.99. The predicted molar refractivity (Wildman–Crippen MR) is 96.8 cm³/mol. The lowest BCUT2D eigenvalue weighted by Gasteiger charge is -2.30. The van der Waals surface area contributed by atoms with Gasteiger partial charge in [-0.05, 0) is 25.3 Å². The van der Waals surface area contributed by atoms with Gasteiger partial charge in [0.15, 0.2) is 0 Å². The molecule has 2 amide bonds. The standard InChI is InChI=1S/C20H30N2O2/c1-16-9-11-18(12-10-16)15-20(24)21-13-14-22(17(2)23)19-7-5-3-4-6-8-19/h9-12,19H,3-8,13-15H2,1-2H3,(H,21,24). The molecule has 1 aromatic carbocycles. The minimum absolute atomic E-state index is 0.0169. The lowest BCUT2D eigenvalue weighted by atomic mass is 10.1. The first kappa shape index (κ1) is 18.5. The van der Waals surface area contributed by atoms with Crippen LogP contribution in [0.5, 0.6) is 0 Å². The second-order valence-corrected chi connectivity index (χ2v) is 6.87. The Morgan fingerprint density at radius 2 is 1.71 bits per heavy atom. The fourth-order valence-corrected chi connectivity index (χ4v) is 3.44. The number of nitrogens with zero attached hydrogens (tertiary/aromatic N) is 1. The third-order valence-corrected chi connectivity index (χ3v) is 4.83. The zero-order valence-electron chi connectivity index (χ0n) is 15.0. The van der Waals surface area contributed by atoms with Crippen molar-refractivity contribution >= 4 is 11.8 Å². The van der Waals surface area contributed by atoms with Crippen molar-refractivity contribution in [2.75, 3.05) is 13.1 Å². The third-order valence-electron chi connectivity index (χ3n) is 4.83. The summed E-state index contributed by atoms with van der Waals surface area (Å²) in [4.78, 5) is 26.0. The van der Waals surface area contributed by atoms with Crippen molar-refractivity contribution in [1.29, 1.82) is 0 Å². The normalized spacial score (nSPS) is 15.6. The Morgan fingerprint density at radius 1 is 1.08 bits per heavy atom. The zero-order chi connectivity index (χ0) is 17.4. The van der Waals surface area contributed by atoms with E-state index in [0.717, 1.165) is 18.4 Å². The van der Waals surface area contributed by atoms with E-state index in [0.29, 0.717) is 25.6 Å². The number of hydrogen-bond acceptors (Lipinski definition) is 2. The summed E-state index contributed by atoms with van der Waals surface area (Å²) in [5.41, 5.74) is 2.21. The van der Waals surface area contributed by atoms with Crippen molar-refractivity contribution in [2.45, 2.75) is 64.8 Å². The Kier molecular flexibility index (Phi) is 7.29. The van der Waals surface area contributed by atoms with E-state index >= 15 is 0 Å². The maximum Gasteiger partial charge on any atom is 0.224 e. The number of hydrogen-bond donors (Lipinski definition) is 1. The van der Waals surface area contributed by atoms with Gasteiger partial charge in [-0.25, -0.2) is 0 Å². The molecular formula is C20H30N2O2. The molecule has 4 nitrogen and oxygen atoms in total. The van der Waals surface area contributed by atoms with Gasteiger partial charge < -0.3 is 10.2 Å².